The van der Waals surface area contributed by atoms with E-state index in [1.54, 1.807) is 12.3 Å². The molecule has 1 aliphatic carbocycles. The third kappa shape index (κ3) is 4.68. The van der Waals surface area contributed by atoms with E-state index in [2.05, 4.69) is 48.7 Å². The van der Waals surface area contributed by atoms with Gasteiger partial charge in [0.15, 0.2) is 11.5 Å². The molecule has 0 amide bonds. The van der Waals surface area contributed by atoms with E-state index in [9.17, 15) is 4.39 Å². The van der Waals surface area contributed by atoms with Crippen molar-refractivity contribution < 1.29 is 4.39 Å². The van der Waals surface area contributed by atoms with E-state index < -0.39 is 0 Å². The number of aromatic amines is 2. The normalized spacial score (nSPS) is 14.1. The fraction of sp³-hybridized carbons (Fsp3) is 0.226. The van der Waals surface area contributed by atoms with E-state index >= 15 is 0 Å². The van der Waals surface area contributed by atoms with E-state index in [1.165, 1.54) is 43.4 Å². The first-order valence-corrected chi connectivity index (χ1v) is 13.5. The summed E-state index contributed by atoms with van der Waals surface area (Å²) in [4.78, 5) is 17.1. The average molecular weight is 518 g/mol. The van der Waals surface area contributed by atoms with Crippen LogP contribution in [0, 0.1) is 11.7 Å². The van der Waals surface area contributed by atoms with Crippen LogP contribution in [0.3, 0.4) is 0 Å². The Morgan fingerprint density at radius 1 is 0.949 bits per heavy atom. The minimum absolute atomic E-state index is 0.286. The van der Waals surface area contributed by atoms with Gasteiger partial charge in [0.05, 0.1) is 11.0 Å². The fourth-order valence-electron chi connectivity index (χ4n) is 5.67. The lowest BCUT2D eigenvalue weighted by molar-refractivity contribution is 0.489. The first-order chi connectivity index (χ1) is 19.2. The van der Waals surface area contributed by atoms with Crippen LogP contribution in [0.2, 0.25) is 0 Å². The number of rotatable bonds is 7. The highest BCUT2D eigenvalue weighted by Crippen LogP contribution is 2.33. The highest BCUT2D eigenvalue weighted by Gasteiger charge is 2.17. The van der Waals surface area contributed by atoms with Gasteiger partial charge in [-0.3, -0.25) is 10.1 Å². The quantitative estimate of drug-likeness (QED) is 0.220. The van der Waals surface area contributed by atoms with E-state index in [1.807, 2.05) is 30.6 Å². The summed E-state index contributed by atoms with van der Waals surface area (Å²) in [5.41, 5.74) is 7.81. The third-order valence-electron chi connectivity index (χ3n) is 7.68. The summed E-state index contributed by atoms with van der Waals surface area (Å²) in [6.07, 6.45) is 10.9. The first-order valence-electron chi connectivity index (χ1n) is 13.5. The smallest absolute Gasteiger partial charge is 0.178 e. The number of halogens is 1. The summed E-state index contributed by atoms with van der Waals surface area (Å²) in [6.45, 7) is 1.89. The van der Waals surface area contributed by atoms with Crippen molar-refractivity contribution in [3.8, 4) is 33.8 Å². The largest absolute Gasteiger partial charge is 0.335 e. The molecule has 4 heterocycles. The maximum atomic E-state index is 13.9. The van der Waals surface area contributed by atoms with Gasteiger partial charge in [0.1, 0.15) is 11.5 Å². The summed E-state index contributed by atoms with van der Waals surface area (Å²) in [7, 11) is 0. The number of nitrogens with one attached hydrogen (secondary N) is 3. The summed E-state index contributed by atoms with van der Waals surface area (Å²) in [5.74, 6) is 1.13. The van der Waals surface area contributed by atoms with Gasteiger partial charge in [-0.2, -0.15) is 5.10 Å². The van der Waals surface area contributed by atoms with Gasteiger partial charge in [0.2, 0.25) is 0 Å². The maximum Gasteiger partial charge on any atom is 0.178 e. The fourth-order valence-corrected chi connectivity index (χ4v) is 5.67. The first kappa shape index (κ1) is 23.7. The number of H-pyrrole nitrogens is 2. The molecule has 1 fully saturated rings. The Hall–Kier alpha value is -4.43. The number of fused-ring (bicyclic) bond motifs is 2. The van der Waals surface area contributed by atoms with Crippen LogP contribution < -0.4 is 5.32 Å². The van der Waals surface area contributed by atoms with Crippen LogP contribution in [0.1, 0.15) is 31.2 Å². The van der Waals surface area contributed by atoms with Gasteiger partial charge in [0, 0.05) is 41.6 Å². The van der Waals surface area contributed by atoms with Crippen molar-refractivity contribution in [1.29, 1.82) is 0 Å². The molecule has 39 heavy (non-hydrogen) atoms. The molecule has 2 aromatic carbocycles. The summed E-state index contributed by atoms with van der Waals surface area (Å²) >= 11 is 0. The molecule has 7 rings (SSSR count). The second-order valence-electron chi connectivity index (χ2n) is 10.3. The molecule has 0 bridgehead atoms. The van der Waals surface area contributed by atoms with Crippen molar-refractivity contribution >= 4 is 22.1 Å². The topological polar surface area (TPSA) is 95.2 Å². The van der Waals surface area contributed by atoms with Crippen molar-refractivity contribution in [1.82, 2.24) is 35.5 Å². The third-order valence-corrected chi connectivity index (χ3v) is 7.68. The van der Waals surface area contributed by atoms with Crippen LogP contribution in [-0.2, 0) is 6.54 Å². The summed E-state index contributed by atoms with van der Waals surface area (Å²) in [6, 6.07) is 16.8. The van der Waals surface area contributed by atoms with Crippen molar-refractivity contribution in [2.24, 2.45) is 5.92 Å². The van der Waals surface area contributed by atoms with E-state index in [4.69, 9.17) is 4.98 Å². The highest BCUT2D eigenvalue weighted by atomic mass is 19.1. The minimum atomic E-state index is -0.286. The molecule has 1 saturated carbocycles. The summed E-state index contributed by atoms with van der Waals surface area (Å²) in [5, 5.41) is 12.3. The SMILES string of the molecule is Fc1cccc(-c2ccnc3nc(-c4n[nH]c5ccc(-c6cncc(CNCC7CCCC7)c6)cc45)[nH]c23)c1. The zero-order chi connectivity index (χ0) is 26.2. The number of pyridine rings is 2. The predicted octanol–water partition coefficient (Wildman–Crippen LogP) is 6.65. The molecular formula is C31H28FN7. The molecule has 3 N–H and O–H groups in total. The Morgan fingerprint density at radius 2 is 1.87 bits per heavy atom. The van der Waals surface area contributed by atoms with Gasteiger partial charge >= 0.3 is 0 Å². The molecule has 1 aliphatic rings. The number of aromatic nitrogens is 6. The number of nitrogens with zero attached hydrogens (tertiary/aromatic N) is 4. The van der Waals surface area contributed by atoms with Crippen molar-refractivity contribution in [2.75, 3.05) is 6.54 Å². The van der Waals surface area contributed by atoms with Crippen LogP contribution in [0.5, 0.6) is 0 Å². The second-order valence-corrected chi connectivity index (χ2v) is 10.3. The zero-order valence-electron chi connectivity index (χ0n) is 21.4. The molecule has 7 nitrogen and oxygen atoms in total. The summed E-state index contributed by atoms with van der Waals surface area (Å²) < 4.78 is 13.9. The van der Waals surface area contributed by atoms with Gasteiger partial charge < -0.3 is 10.3 Å². The molecule has 0 aliphatic heterocycles. The van der Waals surface area contributed by atoms with Crippen LogP contribution in [0.15, 0.2) is 73.2 Å². The van der Waals surface area contributed by atoms with Crippen molar-refractivity contribution in [3.63, 3.8) is 0 Å². The molecule has 8 heteroatoms. The van der Waals surface area contributed by atoms with Gasteiger partial charge in [-0.25, -0.2) is 14.4 Å². The Balaban J connectivity index is 1.20. The molecule has 0 unspecified atom stereocenters. The Bertz CT molecular complexity index is 1780. The van der Waals surface area contributed by atoms with Crippen molar-refractivity contribution in [2.45, 2.75) is 32.2 Å². The Kier molecular flexibility index (Phi) is 6.09. The number of hydrogen-bond donors (Lipinski definition) is 3. The number of benzene rings is 2. The van der Waals surface area contributed by atoms with E-state index in [0.717, 1.165) is 57.7 Å². The molecule has 4 aromatic heterocycles. The van der Waals surface area contributed by atoms with Gasteiger partial charge in [-0.05, 0) is 78.4 Å². The van der Waals surface area contributed by atoms with Crippen molar-refractivity contribution in [3.05, 3.63) is 84.6 Å². The van der Waals surface area contributed by atoms with Gasteiger partial charge in [0.25, 0.3) is 0 Å². The van der Waals surface area contributed by atoms with Crippen LogP contribution in [0.25, 0.3) is 55.8 Å². The molecule has 0 saturated heterocycles. The zero-order valence-corrected chi connectivity index (χ0v) is 21.4. The molecule has 0 atom stereocenters. The monoisotopic (exact) mass is 517 g/mol. The molecule has 0 spiro atoms. The predicted molar refractivity (Wildman–Crippen MR) is 151 cm³/mol. The molecule has 6 aromatic rings. The van der Waals surface area contributed by atoms with E-state index in [-0.39, 0.29) is 5.82 Å². The van der Waals surface area contributed by atoms with Crippen LogP contribution in [-0.4, -0.2) is 36.7 Å². The minimum Gasteiger partial charge on any atom is -0.335 e. The molecule has 0 radical (unpaired) electrons. The van der Waals surface area contributed by atoms with Gasteiger partial charge in [-0.1, -0.05) is 31.0 Å². The average Bonchev–Trinajstić information content (AvgIpc) is 3.72. The lowest BCUT2D eigenvalue weighted by atomic mass is 10.0. The number of imidazole rings is 1. The Morgan fingerprint density at radius 3 is 2.77 bits per heavy atom. The van der Waals surface area contributed by atoms with E-state index in [0.29, 0.717) is 17.2 Å². The standard InChI is InChI=1S/C31H28FN7/c32-24-7-3-6-22(13-24)25-10-11-35-30-28(25)36-31(37-30)29-26-14-21(8-9-27(26)38-39-29)23-12-20(17-34-18-23)16-33-15-19-4-1-2-5-19/h3,6-14,17-19,33H,1-2,4-5,15-16H2,(H,38,39)(H,35,36,37). The molecular weight excluding hydrogens is 489 g/mol. The second kappa shape index (κ2) is 10.0. The molecule has 194 valence electrons. The Labute approximate surface area is 224 Å². The highest BCUT2D eigenvalue weighted by molar-refractivity contribution is 5.97. The maximum absolute atomic E-state index is 13.9. The van der Waals surface area contributed by atoms with Crippen LogP contribution >= 0.6 is 0 Å². The number of hydrogen-bond acceptors (Lipinski definition) is 5. The lowest BCUT2D eigenvalue weighted by Gasteiger charge is -2.11. The van der Waals surface area contributed by atoms with Gasteiger partial charge in [-0.15, -0.1) is 0 Å². The van der Waals surface area contributed by atoms with Crippen LogP contribution in [0.4, 0.5) is 4.39 Å². The lowest BCUT2D eigenvalue weighted by Crippen LogP contribution is -2.20.